The van der Waals surface area contributed by atoms with E-state index in [1.54, 1.807) is 18.2 Å². The van der Waals surface area contributed by atoms with Gasteiger partial charge in [0.2, 0.25) is 15.9 Å². The Hall–Kier alpha value is -0.980. The van der Waals surface area contributed by atoms with Gasteiger partial charge in [0.25, 0.3) is 0 Å². The molecule has 0 aliphatic heterocycles. The highest BCUT2D eigenvalue weighted by Gasteiger charge is 2.20. The van der Waals surface area contributed by atoms with Crippen LogP contribution in [0.2, 0.25) is 10.0 Å². The summed E-state index contributed by atoms with van der Waals surface area (Å²) >= 11 is 12.0. The van der Waals surface area contributed by atoms with Crippen molar-refractivity contribution in [2.75, 3.05) is 23.7 Å². The minimum absolute atomic E-state index is 0.0916. The van der Waals surface area contributed by atoms with Crippen LogP contribution in [0.3, 0.4) is 0 Å². The molecule has 1 aromatic rings. The summed E-state index contributed by atoms with van der Waals surface area (Å²) in [5.74, 6) is -0.108. The van der Waals surface area contributed by atoms with Crippen LogP contribution in [0.1, 0.15) is 19.8 Å². The zero-order chi connectivity index (χ0) is 16.0. The van der Waals surface area contributed by atoms with E-state index in [-0.39, 0.29) is 29.0 Å². The van der Waals surface area contributed by atoms with Gasteiger partial charge in [0.15, 0.2) is 0 Å². The van der Waals surface area contributed by atoms with Crippen molar-refractivity contribution in [3.05, 3.63) is 28.2 Å². The summed E-state index contributed by atoms with van der Waals surface area (Å²) in [6.45, 7) is 2.19. The standard InChI is InChI=1S/C13H18Cl2N2O3S/c1-3-5-12(18)16-8-9-17(21(2,19)20)11-7-4-6-10(14)13(11)15/h4,6-7H,3,5,8-9H2,1-2H3,(H,16,18). The minimum Gasteiger partial charge on any atom is -0.354 e. The molecule has 1 N–H and O–H groups in total. The topological polar surface area (TPSA) is 66.5 Å². The van der Waals surface area contributed by atoms with Crippen molar-refractivity contribution < 1.29 is 13.2 Å². The first-order chi connectivity index (χ1) is 9.77. The van der Waals surface area contributed by atoms with E-state index in [1.165, 1.54) is 0 Å². The summed E-state index contributed by atoms with van der Waals surface area (Å²) in [7, 11) is -3.53. The predicted molar refractivity (Wildman–Crippen MR) is 86.6 cm³/mol. The van der Waals surface area contributed by atoms with Gasteiger partial charge in [-0.2, -0.15) is 0 Å². The van der Waals surface area contributed by atoms with Crippen molar-refractivity contribution in [2.24, 2.45) is 0 Å². The second kappa shape index (κ2) is 7.87. The van der Waals surface area contributed by atoms with E-state index in [0.29, 0.717) is 12.1 Å². The van der Waals surface area contributed by atoms with Crippen LogP contribution in [0.15, 0.2) is 18.2 Å². The number of sulfonamides is 1. The fraction of sp³-hybridized carbons (Fsp3) is 0.462. The molecule has 21 heavy (non-hydrogen) atoms. The lowest BCUT2D eigenvalue weighted by Gasteiger charge is -2.23. The van der Waals surface area contributed by atoms with Crippen molar-refractivity contribution in [1.29, 1.82) is 0 Å². The molecular weight excluding hydrogens is 335 g/mol. The molecule has 0 heterocycles. The van der Waals surface area contributed by atoms with Crippen molar-refractivity contribution in [3.8, 4) is 0 Å². The minimum atomic E-state index is -3.53. The van der Waals surface area contributed by atoms with Crippen molar-refractivity contribution in [2.45, 2.75) is 19.8 Å². The highest BCUT2D eigenvalue weighted by Crippen LogP contribution is 2.33. The van der Waals surface area contributed by atoms with Crippen molar-refractivity contribution >= 4 is 44.8 Å². The molecule has 0 spiro atoms. The van der Waals surface area contributed by atoms with Crippen LogP contribution in [-0.4, -0.2) is 33.7 Å². The third kappa shape index (κ3) is 5.37. The summed E-state index contributed by atoms with van der Waals surface area (Å²) in [6.07, 6.45) is 2.23. The predicted octanol–water partition coefficient (Wildman–Crippen LogP) is 2.68. The molecule has 0 unspecified atom stereocenters. The fourth-order valence-electron chi connectivity index (χ4n) is 1.76. The van der Waals surface area contributed by atoms with E-state index in [9.17, 15) is 13.2 Å². The smallest absolute Gasteiger partial charge is 0.232 e. The molecule has 0 aromatic heterocycles. The molecule has 5 nitrogen and oxygen atoms in total. The number of carbonyl (C=O) groups excluding carboxylic acids is 1. The Balaban J connectivity index is 2.88. The van der Waals surface area contributed by atoms with Crippen LogP contribution < -0.4 is 9.62 Å². The zero-order valence-electron chi connectivity index (χ0n) is 11.9. The van der Waals surface area contributed by atoms with E-state index >= 15 is 0 Å². The lowest BCUT2D eigenvalue weighted by Crippen LogP contribution is -2.38. The number of anilines is 1. The Labute approximate surface area is 135 Å². The average molecular weight is 353 g/mol. The summed E-state index contributed by atoms with van der Waals surface area (Å²) in [5, 5.41) is 3.12. The van der Waals surface area contributed by atoms with Crippen LogP contribution in [0, 0.1) is 0 Å². The highest BCUT2D eigenvalue weighted by molar-refractivity contribution is 7.92. The number of hydrogen-bond donors (Lipinski definition) is 1. The van der Waals surface area contributed by atoms with Crippen molar-refractivity contribution in [1.82, 2.24) is 5.32 Å². The maximum Gasteiger partial charge on any atom is 0.232 e. The highest BCUT2D eigenvalue weighted by atomic mass is 35.5. The van der Waals surface area contributed by atoms with Gasteiger partial charge in [-0.1, -0.05) is 36.2 Å². The number of benzene rings is 1. The van der Waals surface area contributed by atoms with Crippen LogP contribution in [0.5, 0.6) is 0 Å². The molecule has 0 radical (unpaired) electrons. The van der Waals surface area contributed by atoms with E-state index in [4.69, 9.17) is 23.2 Å². The monoisotopic (exact) mass is 352 g/mol. The van der Waals surface area contributed by atoms with Crippen LogP contribution in [0.4, 0.5) is 5.69 Å². The number of rotatable bonds is 7. The number of halogens is 2. The van der Waals surface area contributed by atoms with Crippen LogP contribution in [-0.2, 0) is 14.8 Å². The maximum atomic E-state index is 11.9. The first-order valence-corrected chi connectivity index (χ1v) is 9.06. The second-order valence-electron chi connectivity index (χ2n) is 4.51. The quantitative estimate of drug-likeness (QED) is 0.820. The Morgan fingerprint density at radius 3 is 2.57 bits per heavy atom. The average Bonchev–Trinajstić information content (AvgIpc) is 2.37. The number of hydrogen-bond acceptors (Lipinski definition) is 3. The lowest BCUT2D eigenvalue weighted by atomic mass is 10.3. The molecule has 0 atom stereocenters. The summed E-state index contributed by atoms with van der Waals surface area (Å²) < 4.78 is 24.9. The maximum absolute atomic E-state index is 11.9. The van der Waals surface area contributed by atoms with Gasteiger partial charge in [-0.15, -0.1) is 0 Å². The molecule has 1 aromatic carbocycles. The molecular formula is C13H18Cl2N2O3S. The van der Waals surface area contributed by atoms with Gasteiger partial charge in [0, 0.05) is 13.0 Å². The van der Waals surface area contributed by atoms with E-state index in [0.717, 1.165) is 17.0 Å². The zero-order valence-corrected chi connectivity index (χ0v) is 14.2. The first-order valence-electron chi connectivity index (χ1n) is 6.45. The van der Waals surface area contributed by atoms with Gasteiger partial charge in [-0.05, 0) is 18.6 Å². The van der Waals surface area contributed by atoms with Gasteiger partial charge >= 0.3 is 0 Å². The molecule has 0 aliphatic rings. The molecule has 0 aliphatic carbocycles. The third-order valence-electron chi connectivity index (χ3n) is 2.71. The Kier molecular flexibility index (Phi) is 6.77. The van der Waals surface area contributed by atoms with Gasteiger partial charge in [0.05, 0.1) is 28.5 Å². The van der Waals surface area contributed by atoms with Crippen molar-refractivity contribution in [3.63, 3.8) is 0 Å². The lowest BCUT2D eigenvalue weighted by molar-refractivity contribution is -0.121. The van der Waals surface area contributed by atoms with E-state index in [2.05, 4.69) is 5.32 Å². The second-order valence-corrected chi connectivity index (χ2v) is 7.20. The summed E-state index contributed by atoms with van der Waals surface area (Å²) in [5.41, 5.74) is 0.302. The SMILES string of the molecule is CCCC(=O)NCCN(c1cccc(Cl)c1Cl)S(C)(=O)=O. The molecule has 1 amide bonds. The fourth-order valence-corrected chi connectivity index (χ4v) is 3.14. The molecule has 0 saturated heterocycles. The number of nitrogens with one attached hydrogen (secondary N) is 1. The Morgan fingerprint density at radius 2 is 2.00 bits per heavy atom. The largest absolute Gasteiger partial charge is 0.354 e. The van der Waals surface area contributed by atoms with Crippen LogP contribution in [0.25, 0.3) is 0 Å². The summed E-state index contributed by atoms with van der Waals surface area (Å²) in [6, 6.07) is 4.78. The van der Waals surface area contributed by atoms with Gasteiger partial charge in [-0.3, -0.25) is 9.10 Å². The summed E-state index contributed by atoms with van der Waals surface area (Å²) in [4.78, 5) is 11.4. The first kappa shape index (κ1) is 18.1. The van der Waals surface area contributed by atoms with Crippen LogP contribution >= 0.6 is 23.2 Å². The molecule has 118 valence electrons. The number of amides is 1. The molecule has 0 bridgehead atoms. The van der Waals surface area contributed by atoms with Gasteiger partial charge in [0.1, 0.15) is 0 Å². The molecule has 0 saturated carbocycles. The number of carbonyl (C=O) groups is 1. The normalized spacial score (nSPS) is 11.2. The Morgan fingerprint density at radius 1 is 1.33 bits per heavy atom. The third-order valence-corrected chi connectivity index (χ3v) is 4.70. The number of nitrogens with zero attached hydrogens (tertiary/aromatic N) is 1. The molecule has 0 fully saturated rings. The van der Waals surface area contributed by atoms with E-state index in [1.807, 2.05) is 6.92 Å². The van der Waals surface area contributed by atoms with E-state index < -0.39 is 10.0 Å². The van der Waals surface area contributed by atoms with Gasteiger partial charge in [-0.25, -0.2) is 8.42 Å². The molecule has 1 rings (SSSR count). The van der Waals surface area contributed by atoms with Gasteiger partial charge < -0.3 is 5.32 Å². The molecule has 8 heteroatoms. The Bertz CT molecular complexity index is 605.